The smallest absolute Gasteiger partial charge is 0.336 e. The number of phenolic OH excluding ortho intramolecular Hbond substituents is 1. The minimum absolute atomic E-state index is 0.0383. The number of rotatable bonds is 3. The van der Waals surface area contributed by atoms with Gasteiger partial charge in [-0.3, -0.25) is 0 Å². The second-order valence-electron chi connectivity index (χ2n) is 6.20. The predicted molar refractivity (Wildman–Crippen MR) is 97.2 cm³/mol. The molecule has 0 radical (unpaired) electrons. The van der Waals surface area contributed by atoms with Gasteiger partial charge in [-0.15, -0.1) is 0 Å². The summed E-state index contributed by atoms with van der Waals surface area (Å²) in [7, 11) is 3.01. The van der Waals surface area contributed by atoms with Gasteiger partial charge >= 0.3 is 5.63 Å². The van der Waals surface area contributed by atoms with Crippen LogP contribution < -0.4 is 24.6 Å². The Hall–Kier alpha value is -3.35. The highest BCUT2D eigenvalue weighted by Gasteiger charge is 2.34. The molecular formula is C20H18O7. The second kappa shape index (κ2) is 6.42. The van der Waals surface area contributed by atoms with E-state index in [2.05, 4.69) is 0 Å². The standard InChI is InChI=1S/C20H18O7/c1-10-17(11-4-6-13(21)14(8-11)23-2)27-19-15(24-3)9-12-5-7-16(22)26-18(12)20(19)25-10/h4-10,17,21H,1-3H3/t10-,17+/m1/s1. The molecule has 1 N–H and O–H groups in total. The molecule has 0 bridgehead atoms. The number of hydrogen-bond donors (Lipinski definition) is 1. The topological polar surface area (TPSA) is 87.4 Å². The molecule has 4 rings (SSSR count). The summed E-state index contributed by atoms with van der Waals surface area (Å²) in [6.45, 7) is 1.85. The molecule has 2 aromatic carbocycles. The molecule has 0 saturated heterocycles. The zero-order valence-electron chi connectivity index (χ0n) is 15.0. The number of hydrogen-bond acceptors (Lipinski definition) is 7. The summed E-state index contributed by atoms with van der Waals surface area (Å²) in [5.41, 5.74) is 0.600. The largest absolute Gasteiger partial charge is 0.504 e. The van der Waals surface area contributed by atoms with Crippen LogP contribution in [0.2, 0.25) is 0 Å². The van der Waals surface area contributed by atoms with Crippen molar-refractivity contribution in [3.8, 4) is 28.7 Å². The SMILES string of the molecule is COc1cc([C@H]2Oc3c(OC)cc4ccc(=O)oc4c3O[C@@H]2C)ccc1O. The van der Waals surface area contributed by atoms with Crippen LogP contribution in [0.3, 0.4) is 0 Å². The number of fused-ring (bicyclic) bond motifs is 3. The van der Waals surface area contributed by atoms with E-state index in [0.717, 1.165) is 5.56 Å². The van der Waals surface area contributed by atoms with E-state index in [-0.39, 0.29) is 5.75 Å². The molecular weight excluding hydrogens is 352 g/mol. The van der Waals surface area contributed by atoms with E-state index in [1.54, 1.807) is 24.3 Å². The second-order valence-corrected chi connectivity index (χ2v) is 6.20. The van der Waals surface area contributed by atoms with Crippen molar-refractivity contribution in [3.05, 3.63) is 52.4 Å². The van der Waals surface area contributed by atoms with Gasteiger partial charge < -0.3 is 28.5 Å². The Balaban J connectivity index is 1.85. The minimum Gasteiger partial charge on any atom is -0.504 e. The Morgan fingerprint density at radius 3 is 2.48 bits per heavy atom. The normalized spacial score (nSPS) is 18.3. The van der Waals surface area contributed by atoms with E-state index < -0.39 is 17.8 Å². The molecule has 140 valence electrons. The van der Waals surface area contributed by atoms with Crippen molar-refractivity contribution in [1.82, 2.24) is 0 Å². The van der Waals surface area contributed by atoms with E-state index in [0.29, 0.717) is 34.0 Å². The summed E-state index contributed by atoms with van der Waals surface area (Å²) in [6, 6.07) is 9.68. The van der Waals surface area contributed by atoms with Crippen molar-refractivity contribution in [2.45, 2.75) is 19.1 Å². The summed E-state index contributed by atoms with van der Waals surface area (Å²) >= 11 is 0. The fourth-order valence-corrected chi connectivity index (χ4v) is 3.19. The maximum Gasteiger partial charge on any atom is 0.336 e. The highest BCUT2D eigenvalue weighted by atomic mass is 16.6. The Morgan fingerprint density at radius 1 is 0.963 bits per heavy atom. The number of phenols is 1. The Bertz CT molecular complexity index is 1070. The van der Waals surface area contributed by atoms with Crippen molar-refractivity contribution in [1.29, 1.82) is 0 Å². The van der Waals surface area contributed by atoms with E-state index >= 15 is 0 Å². The monoisotopic (exact) mass is 370 g/mol. The fraction of sp³-hybridized carbons (Fsp3) is 0.250. The van der Waals surface area contributed by atoms with Crippen LogP contribution in [-0.2, 0) is 0 Å². The number of methoxy groups -OCH3 is 2. The molecule has 3 aromatic rings. The van der Waals surface area contributed by atoms with Gasteiger partial charge in [0.1, 0.15) is 6.10 Å². The van der Waals surface area contributed by atoms with Crippen LogP contribution in [0.5, 0.6) is 28.7 Å². The van der Waals surface area contributed by atoms with Crippen LogP contribution in [-0.4, -0.2) is 25.4 Å². The lowest BCUT2D eigenvalue weighted by atomic mass is 10.0. The van der Waals surface area contributed by atoms with Crippen LogP contribution in [0.4, 0.5) is 0 Å². The Labute approximate surface area is 154 Å². The van der Waals surface area contributed by atoms with E-state index in [1.165, 1.54) is 26.4 Å². The summed E-state index contributed by atoms with van der Waals surface area (Å²) < 4.78 is 28.2. The summed E-state index contributed by atoms with van der Waals surface area (Å²) in [5.74, 6) is 1.53. The van der Waals surface area contributed by atoms with Gasteiger partial charge in [0.15, 0.2) is 28.9 Å². The maximum absolute atomic E-state index is 11.7. The van der Waals surface area contributed by atoms with Crippen molar-refractivity contribution in [2.75, 3.05) is 14.2 Å². The molecule has 1 aliphatic rings. The van der Waals surface area contributed by atoms with Gasteiger partial charge in [0.2, 0.25) is 11.5 Å². The summed E-state index contributed by atoms with van der Waals surface area (Å²) in [5, 5.41) is 10.5. The molecule has 2 heterocycles. The van der Waals surface area contributed by atoms with Crippen molar-refractivity contribution in [3.63, 3.8) is 0 Å². The molecule has 7 nitrogen and oxygen atoms in total. The zero-order chi connectivity index (χ0) is 19.1. The van der Waals surface area contributed by atoms with Gasteiger partial charge in [-0.2, -0.15) is 0 Å². The molecule has 27 heavy (non-hydrogen) atoms. The van der Waals surface area contributed by atoms with Crippen LogP contribution in [0.1, 0.15) is 18.6 Å². The van der Waals surface area contributed by atoms with Gasteiger partial charge in [0.25, 0.3) is 0 Å². The summed E-state index contributed by atoms with van der Waals surface area (Å²) in [4.78, 5) is 11.7. The van der Waals surface area contributed by atoms with Crippen molar-refractivity contribution >= 4 is 11.0 Å². The van der Waals surface area contributed by atoms with Crippen LogP contribution in [0, 0.1) is 0 Å². The molecule has 0 spiro atoms. The predicted octanol–water partition coefficient (Wildman–Crippen LogP) is 3.42. The molecule has 0 saturated carbocycles. The molecule has 7 heteroatoms. The van der Waals surface area contributed by atoms with E-state index in [1.807, 2.05) is 6.92 Å². The number of aromatic hydroxyl groups is 1. The van der Waals surface area contributed by atoms with Gasteiger partial charge in [-0.25, -0.2) is 4.79 Å². The lowest BCUT2D eigenvalue weighted by Gasteiger charge is -2.33. The first-order valence-electron chi connectivity index (χ1n) is 8.37. The fourth-order valence-electron chi connectivity index (χ4n) is 3.19. The Kier molecular flexibility index (Phi) is 4.07. The summed E-state index contributed by atoms with van der Waals surface area (Å²) in [6.07, 6.45) is -0.874. The average Bonchev–Trinajstić information content (AvgIpc) is 2.67. The zero-order valence-corrected chi connectivity index (χ0v) is 15.0. The molecule has 0 aliphatic carbocycles. The van der Waals surface area contributed by atoms with Gasteiger partial charge in [0, 0.05) is 17.0 Å². The third-order valence-corrected chi connectivity index (χ3v) is 4.51. The lowest BCUT2D eigenvalue weighted by molar-refractivity contribution is 0.0285. The first kappa shape index (κ1) is 17.1. The minimum atomic E-state index is -0.478. The molecule has 0 unspecified atom stereocenters. The quantitative estimate of drug-likeness (QED) is 0.707. The van der Waals surface area contributed by atoms with E-state index in [4.69, 9.17) is 23.4 Å². The van der Waals surface area contributed by atoms with Gasteiger partial charge in [-0.1, -0.05) is 6.07 Å². The first-order chi connectivity index (χ1) is 13.0. The molecule has 2 atom stereocenters. The van der Waals surface area contributed by atoms with Crippen LogP contribution in [0.25, 0.3) is 11.0 Å². The lowest BCUT2D eigenvalue weighted by Crippen LogP contribution is -2.31. The first-order valence-corrected chi connectivity index (χ1v) is 8.37. The Morgan fingerprint density at radius 2 is 1.74 bits per heavy atom. The highest BCUT2D eigenvalue weighted by Crippen LogP contribution is 2.49. The third-order valence-electron chi connectivity index (χ3n) is 4.51. The van der Waals surface area contributed by atoms with Gasteiger partial charge in [0.05, 0.1) is 14.2 Å². The van der Waals surface area contributed by atoms with Crippen molar-refractivity contribution < 1.29 is 28.5 Å². The van der Waals surface area contributed by atoms with Crippen LogP contribution >= 0.6 is 0 Å². The van der Waals surface area contributed by atoms with Gasteiger partial charge in [-0.05, 0) is 31.2 Å². The van der Waals surface area contributed by atoms with E-state index in [9.17, 15) is 9.90 Å². The number of ether oxygens (including phenoxy) is 4. The third kappa shape index (κ3) is 2.81. The molecule has 0 fully saturated rings. The molecule has 1 aliphatic heterocycles. The maximum atomic E-state index is 11.7. The number of benzene rings is 2. The van der Waals surface area contributed by atoms with Crippen LogP contribution in [0.15, 0.2) is 45.6 Å². The molecule has 0 amide bonds. The average molecular weight is 370 g/mol. The highest BCUT2D eigenvalue weighted by molar-refractivity contribution is 5.88. The van der Waals surface area contributed by atoms with Crippen molar-refractivity contribution in [2.24, 2.45) is 0 Å². The molecule has 1 aromatic heterocycles.